The van der Waals surface area contributed by atoms with E-state index in [-0.39, 0.29) is 28.9 Å². The normalized spacial score (nSPS) is 12.6. The van der Waals surface area contributed by atoms with Crippen molar-refractivity contribution in [3.63, 3.8) is 0 Å². The summed E-state index contributed by atoms with van der Waals surface area (Å²) in [4.78, 5) is 11.4. The Morgan fingerprint density at radius 1 is 1.06 bits per heavy atom. The number of hydrogen-bond acceptors (Lipinski definition) is 8. The Kier molecular flexibility index (Phi) is 4.93. The molecule has 0 aliphatic heterocycles. The van der Waals surface area contributed by atoms with E-state index in [0.29, 0.717) is 5.56 Å². The lowest BCUT2D eigenvalue weighted by Gasteiger charge is -2.07. The summed E-state index contributed by atoms with van der Waals surface area (Å²) in [6, 6.07) is 9.49. The highest BCUT2D eigenvalue weighted by Gasteiger charge is 2.31. The molecule has 4 rings (SSSR count). The van der Waals surface area contributed by atoms with Crippen LogP contribution in [0.1, 0.15) is 24.4 Å². The lowest BCUT2D eigenvalue weighted by molar-refractivity contribution is -0.384. The second-order valence-electron chi connectivity index (χ2n) is 6.44. The quantitative estimate of drug-likeness (QED) is 0.344. The third-order valence-electron chi connectivity index (χ3n) is 4.35. The molecule has 1 unspecified atom stereocenters. The molecule has 0 spiro atoms. The zero-order chi connectivity index (χ0) is 22.2. The van der Waals surface area contributed by atoms with E-state index in [0.717, 1.165) is 16.9 Å². The lowest BCUT2D eigenvalue weighted by atomic mass is 10.1. The molecule has 0 amide bonds. The Balaban J connectivity index is 1.56. The fraction of sp³-hybridized carbons (Fsp3) is 0.167. The summed E-state index contributed by atoms with van der Waals surface area (Å²) in [6.07, 6.45) is -4.49. The van der Waals surface area contributed by atoms with Gasteiger partial charge in [0, 0.05) is 23.3 Å². The maximum atomic E-state index is 12.9. The van der Waals surface area contributed by atoms with Gasteiger partial charge in [-0.2, -0.15) is 18.0 Å². The third-order valence-corrected chi connectivity index (χ3v) is 4.35. The molecule has 158 valence electrons. The highest BCUT2D eigenvalue weighted by Crippen LogP contribution is 2.31. The van der Waals surface area contributed by atoms with Crippen molar-refractivity contribution in [3.05, 3.63) is 70.1 Å². The van der Waals surface area contributed by atoms with Crippen LogP contribution in [0.5, 0.6) is 0 Å². The van der Waals surface area contributed by atoms with Crippen molar-refractivity contribution in [3.8, 4) is 22.8 Å². The van der Waals surface area contributed by atoms with Gasteiger partial charge in [-0.3, -0.25) is 10.1 Å². The number of nitro groups is 1. The molecule has 0 bridgehead atoms. The van der Waals surface area contributed by atoms with E-state index in [4.69, 9.17) is 4.42 Å². The fourth-order valence-corrected chi connectivity index (χ4v) is 2.68. The number of hydrogen-bond donors (Lipinski definition) is 0. The van der Waals surface area contributed by atoms with Gasteiger partial charge in [0.25, 0.3) is 5.69 Å². The molecule has 1 atom stereocenters. The minimum absolute atomic E-state index is 0.00746. The summed E-state index contributed by atoms with van der Waals surface area (Å²) in [7, 11) is 0. The summed E-state index contributed by atoms with van der Waals surface area (Å²) in [5.41, 5.74) is -0.261. The van der Waals surface area contributed by atoms with E-state index in [1.54, 1.807) is 6.92 Å². The molecular weight excluding hydrogens is 419 g/mol. The molecule has 13 heteroatoms. The smallest absolute Gasteiger partial charge is 0.416 e. The number of halogens is 3. The van der Waals surface area contributed by atoms with Gasteiger partial charge < -0.3 is 4.42 Å². The van der Waals surface area contributed by atoms with Crippen molar-refractivity contribution < 1.29 is 22.5 Å². The van der Waals surface area contributed by atoms with Gasteiger partial charge in [-0.05, 0) is 36.4 Å². The number of nitro benzene ring substituents is 1. The highest BCUT2D eigenvalue weighted by atomic mass is 19.4. The van der Waals surface area contributed by atoms with Crippen LogP contribution in [0.25, 0.3) is 22.8 Å². The molecule has 0 N–H and O–H groups in total. The number of non-ortho nitro benzene ring substituents is 1. The molecular formula is C18H12F3N7O3. The molecule has 2 heterocycles. The molecule has 31 heavy (non-hydrogen) atoms. The van der Waals surface area contributed by atoms with Crippen LogP contribution >= 0.6 is 0 Å². The van der Waals surface area contributed by atoms with Crippen molar-refractivity contribution >= 4 is 5.69 Å². The Morgan fingerprint density at radius 3 is 2.48 bits per heavy atom. The summed E-state index contributed by atoms with van der Waals surface area (Å²) in [5, 5.41) is 30.4. The van der Waals surface area contributed by atoms with E-state index in [1.807, 2.05) is 0 Å². The van der Waals surface area contributed by atoms with E-state index in [9.17, 15) is 23.3 Å². The van der Waals surface area contributed by atoms with Gasteiger partial charge in [0.1, 0.15) is 6.04 Å². The molecule has 0 aliphatic carbocycles. The Hall–Kier alpha value is -4.16. The van der Waals surface area contributed by atoms with Gasteiger partial charge in [0.15, 0.2) is 0 Å². The minimum atomic E-state index is -4.49. The molecule has 4 aromatic rings. The predicted molar refractivity (Wildman–Crippen MR) is 98.5 cm³/mol. The van der Waals surface area contributed by atoms with Crippen molar-refractivity contribution in [2.75, 3.05) is 0 Å². The second-order valence-corrected chi connectivity index (χ2v) is 6.44. The number of rotatable bonds is 5. The first-order chi connectivity index (χ1) is 14.7. The second kappa shape index (κ2) is 7.59. The SMILES string of the molecule is CC(c1nnc(-c2ccc([N+](=O)[O-])cc2)o1)n1nnc(-c2cccc(C(F)(F)F)c2)n1. The standard InChI is InChI=1S/C18H12F3N7O3/c1-10(16-23-24-17(31-16)11-5-7-14(8-6-11)28(29)30)27-25-15(22-26-27)12-3-2-4-13(9-12)18(19,20)21/h2-10H,1H3. The first-order valence-electron chi connectivity index (χ1n) is 8.78. The van der Waals surface area contributed by atoms with Crippen molar-refractivity contribution in [2.45, 2.75) is 19.1 Å². The van der Waals surface area contributed by atoms with Crippen LogP contribution in [0.3, 0.4) is 0 Å². The van der Waals surface area contributed by atoms with Crippen LogP contribution < -0.4 is 0 Å². The Bertz CT molecular complexity index is 1230. The lowest BCUT2D eigenvalue weighted by Crippen LogP contribution is -2.11. The van der Waals surface area contributed by atoms with Crippen molar-refractivity contribution in [1.29, 1.82) is 0 Å². The fourth-order valence-electron chi connectivity index (χ4n) is 2.68. The predicted octanol–water partition coefficient (Wildman–Crippen LogP) is 3.93. The zero-order valence-corrected chi connectivity index (χ0v) is 15.7. The van der Waals surface area contributed by atoms with Gasteiger partial charge >= 0.3 is 6.18 Å². The van der Waals surface area contributed by atoms with E-state index >= 15 is 0 Å². The molecule has 2 aromatic carbocycles. The van der Waals surface area contributed by atoms with Crippen LogP contribution in [0.2, 0.25) is 0 Å². The average Bonchev–Trinajstić information content (AvgIpc) is 3.43. The van der Waals surface area contributed by atoms with Crippen molar-refractivity contribution in [2.24, 2.45) is 0 Å². The van der Waals surface area contributed by atoms with Crippen molar-refractivity contribution in [1.82, 2.24) is 30.4 Å². The monoisotopic (exact) mass is 431 g/mol. The van der Waals surface area contributed by atoms with Crippen LogP contribution in [-0.4, -0.2) is 35.3 Å². The Labute approximate surface area is 171 Å². The molecule has 0 radical (unpaired) electrons. The summed E-state index contributed by atoms with van der Waals surface area (Å²) >= 11 is 0. The van der Waals surface area contributed by atoms with Crippen LogP contribution in [-0.2, 0) is 6.18 Å². The molecule has 2 aromatic heterocycles. The first kappa shape index (κ1) is 20.1. The molecule has 0 saturated carbocycles. The van der Waals surface area contributed by atoms with Gasteiger partial charge in [0.05, 0.1) is 10.5 Å². The molecule has 0 aliphatic rings. The number of alkyl halides is 3. The van der Waals surface area contributed by atoms with Crippen LogP contribution in [0.15, 0.2) is 52.9 Å². The zero-order valence-electron chi connectivity index (χ0n) is 15.7. The van der Waals surface area contributed by atoms with E-state index in [1.165, 1.54) is 36.4 Å². The molecule has 10 nitrogen and oxygen atoms in total. The maximum Gasteiger partial charge on any atom is 0.416 e. The van der Waals surface area contributed by atoms with E-state index < -0.39 is 22.7 Å². The number of aromatic nitrogens is 6. The summed E-state index contributed by atoms with van der Waals surface area (Å²) < 4.78 is 44.4. The molecule has 0 fully saturated rings. The first-order valence-corrected chi connectivity index (χ1v) is 8.78. The van der Waals surface area contributed by atoms with Gasteiger partial charge in [0.2, 0.25) is 17.6 Å². The summed E-state index contributed by atoms with van der Waals surface area (Å²) in [6.45, 7) is 1.64. The van der Waals surface area contributed by atoms with Gasteiger partial charge in [-0.15, -0.1) is 20.4 Å². The van der Waals surface area contributed by atoms with Gasteiger partial charge in [-0.25, -0.2) is 0 Å². The summed E-state index contributed by atoms with van der Waals surface area (Å²) in [5.74, 6) is 0.268. The van der Waals surface area contributed by atoms with Gasteiger partial charge in [-0.1, -0.05) is 12.1 Å². The highest BCUT2D eigenvalue weighted by molar-refractivity contribution is 5.56. The van der Waals surface area contributed by atoms with Crippen LogP contribution in [0, 0.1) is 10.1 Å². The van der Waals surface area contributed by atoms with Crippen LogP contribution in [0.4, 0.5) is 18.9 Å². The average molecular weight is 431 g/mol. The minimum Gasteiger partial charge on any atom is -0.418 e. The topological polar surface area (TPSA) is 126 Å². The maximum absolute atomic E-state index is 12.9. The van der Waals surface area contributed by atoms with E-state index in [2.05, 4.69) is 25.6 Å². The largest absolute Gasteiger partial charge is 0.418 e. The number of benzene rings is 2. The molecule has 0 saturated heterocycles. The Morgan fingerprint density at radius 2 is 1.81 bits per heavy atom. The number of nitrogens with zero attached hydrogens (tertiary/aromatic N) is 7. The number of tetrazole rings is 1. The third kappa shape index (κ3) is 4.10.